The third kappa shape index (κ3) is 6.50. The number of hydrogen-bond acceptors (Lipinski definition) is 7. The Bertz CT molecular complexity index is 1760. The highest BCUT2D eigenvalue weighted by Gasteiger charge is 2.67. The van der Waals surface area contributed by atoms with Gasteiger partial charge in [0.15, 0.2) is 17.3 Å². The number of esters is 1. The Kier molecular flexibility index (Phi) is 9.49. The molecule has 2 aliphatic heterocycles. The largest absolute Gasteiger partial charge is 0.483 e. The van der Waals surface area contributed by atoms with Crippen LogP contribution in [-0.2, 0) is 27.8 Å². The molecule has 3 aromatic rings. The molecule has 0 aromatic heterocycles. The molecular formula is C43H50N2O6. The van der Waals surface area contributed by atoms with Gasteiger partial charge in [-0.3, -0.25) is 19.3 Å². The van der Waals surface area contributed by atoms with Crippen LogP contribution in [0.1, 0.15) is 91.8 Å². The Morgan fingerprint density at radius 1 is 0.961 bits per heavy atom. The van der Waals surface area contributed by atoms with Crippen LogP contribution >= 0.6 is 0 Å². The van der Waals surface area contributed by atoms with Crippen LogP contribution in [0.3, 0.4) is 0 Å². The number of aryl methyl sites for hydroxylation is 1. The van der Waals surface area contributed by atoms with Crippen LogP contribution in [-0.4, -0.2) is 76.5 Å². The second kappa shape index (κ2) is 14.2. The average Bonchev–Trinajstić information content (AvgIpc) is 3.72. The van der Waals surface area contributed by atoms with Gasteiger partial charge in [0.1, 0.15) is 6.10 Å². The minimum Gasteiger partial charge on any atom is -0.483 e. The van der Waals surface area contributed by atoms with Crippen molar-refractivity contribution in [3.63, 3.8) is 0 Å². The number of carbonyl (C=O) groups is 3. The van der Waals surface area contributed by atoms with Crippen LogP contribution < -0.4 is 9.47 Å². The zero-order valence-electron chi connectivity index (χ0n) is 29.7. The molecule has 0 radical (unpaired) electrons. The third-order valence-electron chi connectivity index (χ3n) is 12.6. The van der Waals surface area contributed by atoms with Crippen LogP contribution in [0.4, 0.5) is 0 Å². The van der Waals surface area contributed by atoms with Crippen molar-refractivity contribution in [2.24, 2.45) is 11.8 Å². The van der Waals surface area contributed by atoms with Crippen molar-refractivity contribution in [1.29, 1.82) is 0 Å². The van der Waals surface area contributed by atoms with Gasteiger partial charge in [-0.1, -0.05) is 66.7 Å². The molecule has 268 valence electrons. The molecule has 3 aromatic carbocycles. The standard InChI is InChI=1S/C43H50N2O6/c1-28(46)50-38-21-18-31-25-35-33-19-20-34(42-43(33,40(31)41(38)51-42)22-24-44(35)27-32-26-37(32)48)45(23-10-13-29-11-4-2-5-12-29)39(49)17-9-8-16-36(47)30-14-6-3-7-15-30/h2-7,11-12,14-15,18,21,32-35,37,42,48H,8-10,13,16-17,19-20,22-27H2,1H3/t32?,33-,34+,35+,37?,42-,43-/m0/s1. The predicted molar refractivity (Wildman–Crippen MR) is 194 cm³/mol. The van der Waals surface area contributed by atoms with Gasteiger partial charge in [0.25, 0.3) is 0 Å². The van der Waals surface area contributed by atoms with Gasteiger partial charge in [-0.25, -0.2) is 0 Å². The summed E-state index contributed by atoms with van der Waals surface area (Å²) < 4.78 is 12.9. The molecule has 1 saturated heterocycles. The second-order valence-corrected chi connectivity index (χ2v) is 15.6. The van der Waals surface area contributed by atoms with Crippen LogP contribution in [0, 0.1) is 11.8 Å². The molecule has 2 heterocycles. The van der Waals surface area contributed by atoms with Crippen molar-refractivity contribution in [3.8, 4) is 11.5 Å². The van der Waals surface area contributed by atoms with Gasteiger partial charge in [0.2, 0.25) is 5.91 Å². The van der Waals surface area contributed by atoms with Gasteiger partial charge in [-0.15, -0.1) is 0 Å². The van der Waals surface area contributed by atoms with Gasteiger partial charge in [-0.05, 0) is 87.4 Å². The first kappa shape index (κ1) is 34.1. The van der Waals surface area contributed by atoms with E-state index in [0.29, 0.717) is 61.6 Å². The van der Waals surface area contributed by atoms with E-state index in [9.17, 15) is 19.5 Å². The summed E-state index contributed by atoms with van der Waals surface area (Å²) >= 11 is 0. The number of aliphatic hydroxyl groups excluding tert-OH is 1. The lowest BCUT2D eigenvalue weighted by molar-refractivity contribution is -0.143. The molecule has 2 bridgehead atoms. The highest BCUT2D eigenvalue weighted by Crippen LogP contribution is 2.64. The summed E-state index contributed by atoms with van der Waals surface area (Å²) in [5.74, 6) is 1.77. The summed E-state index contributed by atoms with van der Waals surface area (Å²) in [7, 11) is 0. The number of likely N-dealkylation sites (tertiary alicyclic amines) is 1. The van der Waals surface area contributed by atoms with Gasteiger partial charge in [0.05, 0.1) is 12.1 Å². The van der Waals surface area contributed by atoms with Crippen LogP contribution in [0.5, 0.6) is 11.5 Å². The number of piperidine rings is 1. The van der Waals surface area contributed by atoms with E-state index in [0.717, 1.165) is 63.6 Å². The molecule has 51 heavy (non-hydrogen) atoms. The fourth-order valence-electron chi connectivity index (χ4n) is 10.1. The molecule has 2 saturated carbocycles. The molecule has 8 rings (SSSR count). The van der Waals surface area contributed by atoms with Gasteiger partial charge >= 0.3 is 5.97 Å². The van der Waals surface area contributed by atoms with Crippen molar-refractivity contribution >= 4 is 17.7 Å². The molecule has 8 heteroatoms. The van der Waals surface area contributed by atoms with E-state index in [2.05, 4.69) is 40.1 Å². The van der Waals surface area contributed by atoms with Crippen molar-refractivity contribution in [2.75, 3.05) is 19.6 Å². The maximum absolute atomic E-state index is 14.4. The number of carbonyl (C=O) groups excluding carboxylic acids is 3. The first-order chi connectivity index (χ1) is 24.8. The Hall–Kier alpha value is -4.01. The predicted octanol–water partition coefficient (Wildman–Crippen LogP) is 6.31. The second-order valence-electron chi connectivity index (χ2n) is 15.6. The zero-order valence-corrected chi connectivity index (χ0v) is 29.7. The lowest BCUT2D eigenvalue weighted by Gasteiger charge is -2.60. The van der Waals surface area contributed by atoms with E-state index < -0.39 is 0 Å². The minimum atomic E-state index is -0.370. The van der Waals surface area contributed by atoms with Crippen molar-refractivity contribution in [1.82, 2.24) is 9.80 Å². The molecule has 7 atom stereocenters. The number of Topliss-reactive ketones (excluding diaryl/α,β-unsaturated/α-hetero) is 1. The summed E-state index contributed by atoms with van der Waals surface area (Å²) in [5, 5.41) is 10.2. The number of ether oxygens (including phenoxy) is 2. The topological polar surface area (TPSA) is 96.4 Å². The van der Waals surface area contributed by atoms with Gasteiger partial charge in [0, 0.05) is 61.4 Å². The van der Waals surface area contributed by atoms with Crippen molar-refractivity contribution in [3.05, 3.63) is 95.1 Å². The number of rotatable bonds is 14. The number of aliphatic hydroxyl groups is 1. The maximum Gasteiger partial charge on any atom is 0.308 e. The van der Waals surface area contributed by atoms with Gasteiger partial charge in [-0.2, -0.15) is 0 Å². The number of amides is 1. The summed E-state index contributed by atoms with van der Waals surface area (Å²) in [6.07, 6.45) is 8.01. The van der Waals surface area contributed by atoms with E-state index >= 15 is 0 Å². The Morgan fingerprint density at radius 3 is 2.45 bits per heavy atom. The molecule has 3 aliphatic carbocycles. The summed E-state index contributed by atoms with van der Waals surface area (Å²) in [6.45, 7) is 3.92. The van der Waals surface area contributed by atoms with Gasteiger partial charge < -0.3 is 19.5 Å². The highest BCUT2D eigenvalue weighted by atomic mass is 16.6. The third-order valence-corrected chi connectivity index (χ3v) is 12.6. The van der Waals surface area contributed by atoms with E-state index in [1.54, 1.807) is 0 Å². The van der Waals surface area contributed by atoms with Crippen LogP contribution in [0.15, 0.2) is 72.8 Å². The normalized spacial score (nSPS) is 28.4. The number of unbranched alkanes of at least 4 members (excludes halogenated alkanes) is 1. The van der Waals surface area contributed by atoms with Crippen molar-refractivity contribution in [2.45, 2.75) is 107 Å². The van der Waals surface area contributed by atoms with Crippen molar-refractivity contribution < 1.29 is 29.0 Å². The lowest BCUT2D eigenvalue weighted by Crippen LogP contribution is -2.69. The molecule has 3 fully saturated rings. The fraction of sp³-hybridized carbons (Fsp3) is 0.512. The number of hydrogen-bond donors (Lipinski definition) is 1. The fourth-order valence-corrected chi connectivity index (χ4v) is 10.1. The average molecular weight is 691 g/mol. The first-order valence-corrected chi connectivity index (χ1v) is 19.2. The Morgan fingerprint density at radius 2 is 1.71 bits per heavy atom. The van der Waals surface area contributed by atoms with E-state index in [-0.39, 0.29) is 41.3 Å². The molecular weight excluding hydrogens is 640 g/mol. The molecule has 1 N–H and O–H groups in total. The van der Waals surface area contributed by atoms with E-state index in [4.69, 9.17) is 9.47 Å². The first-order valence-electron chi connectivity index (χ1n) is 19.2. The van der Waals surface area contributed by atoms with E-state index in [1.165, 1.54) is 23.6 Å². The lowest BCUT2D eigenvalue weighted by atomic mass is 9.51. The summed E-state index contributed by atoms with van der Waals surface area (Å²) in [6, 6.07) is 24.1. The maximum atomic E-state index is 14.4. The van der Waals surface area contributed by atoms with Crippen LogP contribution in [0.2, 0.25) is 0 Å². The minimum absolute atomic E-state index is 0.114. The SMILES string of the molecule is CC(=O)Oc1ccc2c3c1O[C@H]1[C@H](N(CCCc4ccccc4)C(=O)CCCCC(=O)c4ccccc4)CC[C@H]4[C@@H](C2)N(CC2CC2O)CC[C@@]341. The number of ketones is 1. The summed E-state index contributed by atoms with van der Waals surface area (Å²) in [4.78, 5) is 44.2. The smallest absolute Gasteiger partial charge is 0.308 e. The Balaban J connectivity index is 1.07. The summed E-state index contributed by atoms with van der Waals surface area (Å²) in [5.41, 5.74) is 4.18. The molecule has 1 amide bonds. The molecule has 8 nitrogen and oxygen atoms in total. The molecule has 1 spiro atoms. The monoisotopic (exact) mass is 690 g/mol. The number of benzene rings is 3. The number of nitrogens with zero attached hydrogens (tertiary/aromatic N) is 2. The Labute approximate surface area is 301 Å². The zero-order chi connectivity index (χ0) is 35.1. The van der Waals surface area contributed by atoms with E-state index in [1.807, 2.05) is 42.5 Å². The van der Waals surface area contributed by atoms with Crippen LogP contribution in [0.25, 0.3) is 0 Å². The highest BCUT2D eigenvalue weighted by molar-refractivity contribution is 5.96. The molecule has 5 aliphatic rings. The quantitative estimate of drug-likeness (QED) is 0.0918. The molecule has 2 unspecified atom stereocenters.